The minimum atomic E-state index is -0.353. The first-order valence-corrected chi connectivity index (χ1v) is 6.31. The molecule has 100 valence electrons. The molecule has 1 rings (SSSR count). The summed E-state index contributed by atoms with van der Waals surface area (Å²) in [4.78, 5) is 11.4. The third-order valence-corrected chi connectivity index (χ3v) is 2.45. The lowest BCUT2D eigenvalue weighted by Gasteiger charge is -2.13. The van der Waals surface area contributed by atoms with Crippen LogP contribution < -0.4 is 10.5 Å². The summed E-state index contributed by atoms with van der Waals surface area (Å²) in [7, 11) is 0. The third-order valence-electron chi connectivity index (χ3n) is 2.45. The van der Waals surface area contributed by atoms with Gasteiger partial charge in [0.15, 0.2) is 0 Å². The molecule has 1 unspecified atom stereocenters. The van der Waals surface area contributed by atoms with Gasteiger partial charge in [-0.2, -0.15) is 0 Å². The first kappa shape index (κ1) is 14.5. The van der Waals surface area contributed by atoms with E-state index < -0.39 is 0 Å². The van der Waals surface area contributed by atoms with E-state index in [0.29, 0.717) is 13.2 Å². The van der Waals surface area contributed by atoms with E-state index in [0.717, 1.165) is 17.7 Å². The molecule has 0 bridgehead atoms. The maximum absolute atomic E-state index is 11.4. The van der Waals surface area contributed by atoms with E-state index in [9.17, 15) is 4.79 Å². The van der Waals surface area contributed by atoms with Crippen molar-refractivity contribution in [1.29, 1.82) is 0 Å². The zero-order chi connectivity index (χ0) is 13.4. The molecule has 0 spiro atoms. The van der Waals surface area contributed by atoms with Crippen LogP contribution in [0.4, 0.5) is 0 Å². The van der Waals surface area contributed by atoms with E-state index in [1.807, 2.05) is 24.3 Å². The minimum absolute atomic E-state index is 0.186. The fraction of sp³-hybridized carbons (Fsp3) is 0.500. The highest BCUT2D eigenvalue weighted by Gasteiger charge is 2.12. The van der Waals surface area contributed by atoms with Crippen LogP contribution >= 0.6 is 0 Å². The van der Waals surface area contributed by atoms with E-state index in [1.54, 1.807) is 6.92 Å². The van der Waals surface area contributed by atoms with Crippen LogP contribution in [0, 0.1) is 0 Å². The Morgan fingerprint density at radius 1 is 1.39 bits per heavy atom. The molecular formula is C14H21NO3. The number of rotatable bonds is 7. The number of benzene rings is 1. The Kier molecular flexibility index (Phi) is 6.22. The molecule has 0 saturated heterocycles. The van der Waals surface area contributed by atoms with Gasteiger partial charge in [-0.15, -0.1) is 0 Å². The molecule has 0 aliphatic carbocycles. The number of nitrogens with two attached hydrogens (primary N) is 1. The maximum Gasteiger partial charge on any atom is 0.307 e. The maximum atomic E-state index is 11.4. The monoisotopic (exact) mass is 251 g/mol. The standard InChI is InChI=1S/C14H21NO3/c1-3-8-18-12-7-5-6-11(9-12)13(15)10-14(16)17-4-2/h5-7,9,13H,3-4,8,10,15H2,1-2H3. The van der Waals surface area contributed by atoms with Gasteiger partial charge in [0.1, 0.15) is 5.75 Å². The second-order valence-corrected chi connectivity index (χ2v) is 4.04. The number of ether oxygens (including phenoxy) is 2. The van der Waals surface area contributed by atoms with E-state index in [-0.39, 0.29) is 18.4 Å². The molecule has 1 atom stereocenters. The van der Waals surface area contributed by atoms with Gasteiger partial charge in [-0.05, 0) is 31.0 Å². The molecule has 0 aromatic heterocycles. The van der Waals surface area contributed by atoms with Gasteiger partial charge in [0.05, 0.1) is 19.6 Å². The molecule has 0 aliphatic heterocycles. The average Bonchev–Trinajstić information content (AvgIpc) is 2.37. The molecule has 0 aliphatic rings. The Bertz CT molecular complexity index is 379. The molecule has 2 N–H and O–H groups in total. The summed E-state index contributed by atoms with van der Waals surface area (Å²) < 4.78 is 10.4. The highest BCUT2D eigenvalue weighted by Crippen LogP contribution is 2.20. The fourth-order valence-corrected chi connectivity index (χ4v) is 1.57. The molecule has 4 heteroatoms. The predicted molar refractivity (Wildman–Crippen MR) is 70.4 cm³/mol. The minimum Gasteiger partial charge on any atom is -0.494 e. The van der Waals surface area contributed by atoms with Crippen molar-refractivity contribution in [2.24, 2.45) is 5.73 Å². The van der Waals surface area contributed by atoms with Crippen LogP contribution in [-0.2, 0) is 9.53 Å². The van der Waals surface area contributed by atoms with Crippen molar-refractivity contribution in [2.75, 3.05) is 13.2 Å². The van der Waals surface area contributed by atoms with Crippen LogP contribution in [0.1, 0.15) is 38.3 Å². The Balaban J connectivity index is 2.61. The third kappa shape index (κ3) is 4.75. The molecule has 0 heterocycles. The lowest BCUT2D eigenvalue weighted by atomic mass is 10.0. The molecule has 0 radical (unpaired) electrons. The molecule has 4 nitrogen and oxygen atoms in total. The summed E-state index contributed by atoms with van der Waals surface area (Å²) >= 11 is 0. The molecule has 0 saturated carbocycles. The van der Waals surface area contributed by atoms with Crippen molar-refractivity contribution in [3.63, 3.8) is 0 Å². The van der Waals surface area contributed by atoms with Crippen LogP contribution in [0.3, 0.4) is 0 Å². The summed E-state index contributed by atoms with van der Waals surface area (Å²) in [5.41, 5.74) is 6.85. The van der Waals surface area contributed by atoms with Crippen molar-refractivity contribution in [3.8, 4) is 5.75 Å². The SMILES string of the molecule is CCCOc1cccc(C(N)CC(=O)OCC)c1. The number of carbonyl (C=O) groups is 1. The second kappa shape index (κ2) is 7.71. The van der Waals surface area contributed by atoms with E-state index >= 15 is 0 Å². The predicted octanol–water partition coefficient (Wildman–Crippen LogP) is 2.43. The van der Waals surface area contributed by atoms with Crippen LogP contribution in [-0.4, -0.2) is 19.2 Å². The van der Waals surface area contributed by atoms with Gasteiger partial charge in [0, 0.05) is 6.04 Å². The van der Waals surface area contributed by atoms with Crippen molar-refractivity contribution < 1.29 is 14.3 Å². The Labute approximate surface area is 108 Å². The Hall–Kier alpha value is -1.55. The summed E-state index contributed by atoms with van der Waals surface area (Å²) in [5, 5.41) is 0. The summed E-state index contributed by atoms with van der Waals surface area (Å²) in [6.07, 6.45) is 1.14. The van der Waals surface area contributed by atoms with Gasteiger partial charge >= 0.3 is 5.97 Å². The van der Waals surface area contributed by atoms with E-state index in [2.05, 4.69) is 6.92 Å². The van der Waals surface area contributed by atoms with E-state index in [4.69, 9.17) is 15.2 Å². The average molecular weight is 251 g/mol. The number of esters is 1. The van der Waals surface area contributed by atoms with Crippen LogP contribution in [0.2, 0.25) is 0 Å². The Morgan fingerprint density at radius 3 is 2.83 bits per heavy atom. The van der Waals surface area contributed by atoms with Gasteiger partial charge in [0.25, 0.3) is 0 Å². The van der Waals surface area contributed by atoms with Gasteiger partial charge in [0.2, 0.25) is 0 Å². The lowest BCUT2D eigenvalue weighted by Crippen LogP contribution is -2.17. The van der Waals surface area contributed by atoms with Crippen molar-refractivity contribution in [3.05, 3.63) is 29.8 Å². The molecule has 0 amide bonds. The lowest BCUT2D eigenvalue weighted by molar-refractivity contribution is -0.143. The molecule has 1 aromatic rings. The van der Waals surface area contributed by atoms with Gasteiger partial charge in [-0.1, -0.05) is 19.1 Å². The summed E-state index contributed by atoms with van der Waals surface area (Å²) in [5.74, 6) is 0.513. The highest BCUT2D eigenvalue weighted by molar-refractivity contribution is 5.70. The summed E-state index contributed by atoms with van der Waals surface area (Å²) in [6, 6.07) is 7.18. The summed E-state index contributed by atoms with van der Waals surface area (Å²) in [6.45, 7) is 4.89. The number of carbonyl (C=O) groups excluding carboxylic acids is 1. The molecule has 1 aromatic carbocycles. The van der Waals surface area contributed by atoms with E-state index in [1.165, 1.54) is 0 Å². The van der Waals surface area contributed by atoms with Crippen LogP contribution in [0.15, 0.2) is 24.3 Å². The topological polar surface area (TPSA) is 61.5 Å². The van der Waals surface area contributed by atoms with Gasteiger partial charge in [-0.3, -0.25) is 4.79 Å². The zero-order valence-corrected chi connectivity index (χ0v) is 11.0. The first-order chi connectivity index (χ1) is 8.67. The van der Waals surface area contributed by atoms with Crippen molar-refractivity contribution in [1.82, 2.24) is 0 Å². The highest BCUT2D eigenvalue weighted by atomic mass is 16.5. The second-order valence-electron chi connectivity index (χ2n) is 4.04. The van der Waals surface area contributed by atoms with Crippen molar-refractivity contribution in [2.45, 2.75) is 32.7 Å². The van der Waals surface area contributed by atoms with Gasteiger partial charge in [-0.25, -0.2) is 0 Å². The smallest absolute Gasteiger partial charge is 0.307 e. The molecular weight excluding hydrogens is 230 g/mol. The fourth-order valence-electron chi connectivity index (χ4n) is 1.57. The number of hydrogen-bond acceptors (Lipinski definition) is 4. The largest absolute Gasteiger partial charge is 0.494 e. The van der Waals surface area contributed by atoms with Crippen LogP contribution in [0.25, 0.3) is 0 Å². The normalized spacial score (nSPS) is 11.9. The Morgan fingerprint density at radius 2 is 2.17 bits per heavy atom. The quantitative estimate of drug-likeness (QED) is 0.756. The van der Waals surface area contributed by atoms with Gasteiger partial charge < -0.3 is 15.2 Å². The molecule has 0 fully saturated rings. The number of hydrogen-bond donors (Lipinski definition) is 1. The zero-order valence-electron chi connectivity index (χ0n) is 11.0. The van der Waals surface area contributed by atoms with Crippen molar-refractivity contribution >= 4 is 5.97 Å². The molecule has 18 heavy (non-hydrogen) atoms. The first-order valence-electron chi connectivity index (χ1n) is 6.31. The van der Waals surface area contributed by atoms with Crippen LogP contribution in [0.5, 0.6) is 5.75 Å².